The van der Waals surface area contributed by atoms with E-state index in [1.54, 1.807) is 33.8 Å². The van der Waals surface area contributed by atoms with Crippen molar-refractivity contribution in [2.75, 3.05) is 7.11 Å². The number of aromatic nitrogens is 2. The van der Waals surface area contributed by atoms with Crippen LogP contribution in [0.4, 0.5) is 0 Å². The number of sulfone groups is 1. The van der Waals surface area contributed by atoms with Crippen molar-refractivity contribution in [3.63, 3.8) is 0 Å². The van der Waals surface area contributed by atoms with Crippen LogP contribution in [-0.2, 0) is 9.84 Å². The molecule has 1 aromatic rings. The summed E-state index contributed by atoms with van der Waals surface area (Å²) in [4.78, 5) is 0. The Labute approximate surface area is 95.8 Å². The Hall–Kier alpha value is -1.17. The number of hydrogen-bond donors (Lipinski definition) is 0. The molecule has 0 aromatic carbocycles. The van der Waals surface area contributed by atoms with Gasteiger partial charge in [0.05, 0.1) is 11.9 Å². The summed E-state index contributed by atoms with van der Waals surface area (Å²) in [5.41, 5.74) is 0.543. The number of hydrogen-bond acceptors (Lipinski definition) is 5. The normalized spacial score (nSPS) is 12.6. The summed E-state index contributed by atoms with van der Waals surface area (Å²) < 4.78 is 28.3. The van der Waals surface area contributed by atoms with Gasteiger partial charge in [-0.3, -0.25) is 0 Å². The van der Waals surface area contributed by atoms with Crippen LogP contribution in [0.1, 0.15) is 26.3 Å². The summed E-state index contributed by atoms with van der Waals surface area (Å²) in [5.74, 6) is 0.311. The summed E-state index contributed by atoms with van der Waals surface area (Å²) in [6.07, 6.45) is 0. The minimum atomic E-state index is -3.46. The van der Waals surface area contributed by atoms with Crippen molar-refractivity contribution in [2.45, 2.75) is 37.5 Å². The first kappa shape index (κ1) is 12.9. The van der Waals surface area contributed by atoms with Crippen LogP contribution in [0, 0.1) is 6.92 Å². The second kappa shape index (κ2) is 4.01. The molecule has 16 heavy (non-hydrogen) atoms. The van der Waals surface area contributed by atoms with Crippen LogP contribution in [0.25, 0.3) is 0 Å². The highest BCUT2D eigenvalue weighted by Gasteiger charge is 2.34. The molecular weight excluding hydrogens is 228 g/mol. The van der Waals surface area contributed by atoms with Gasteiger partial charge in [-0.25, -0.2) is 8.42 Å². The van der Waals surface area contributed by atoms with Gasteiger partial charge in [-0.05, 0) is 33.3 Å². The van der Waals surface area contributed by atoms with Gasteiger partial charge in [-0.2, -0.15) is 0 Å². The smallest absolute Gasteiger partial charge is 0.233 e. The Kier molecular flexibility index (Phi) is 3.23. The summed E-state index contributed by atoms with van der Waals surface area (Å²) >= 11 is 0. The maximum absolute atomic E-state index is 12.1. The minimum absolute atomic E-state index is 0.0146. The topological polar surface area (TPSA) is 69.2 Å². The molecular formula is C10H16N2O3S. The van der Waals surface area contributed by atoms with Crippen LogP contribution in [0.15, 0.2) is 11.1 Å². The zero-order valence-electron chi connectivity index (χ0n) is 10.1. The number of nitrogens with zero attached hydrogens (tertiary/aromatic N) is 2. The van der Waals surface area contributed by atoms with E-state index in [1.165, 1.54) is 7.11 Å². The second-order valence-corrected chi connectivity index (χ2v) is 7.11. The molecule has 0 aliphatic carbocycles. The average Bonchev–Trinajstić information content (AvgIpc) is 2.15. The first-order chi connectivity index (χ1) is 7.20. The van der Waals surface area contributed by atoms with Gasteiger partial charge in [0.1, 0.15) is 0 Å². The van der Waals surface area contributed by atoms with Crippen LogP contribution in [-0.4, -0.2) is 30.5 Å². The lowest BCUT2D eigenvalue weighted by Gasteiger charge is -2.19. The average molecular weight is 244 g/mol. The Bertz CT molecular complexity index is 489. The van der Waals surface area contributed by atoms with Crippen LogP contribution in [0.2, 0.25) is 0 Å². The zero-order valence-corrected chi connectivity index (χ0v) is 10.9. The highest BCUT2D eigenvalue weighted by Crippen LogP contribution is 2.26. The summed E-state index contributed by atoms with van der Waals surface area (Å²) in [6, 6.07) is 1.56. The molecule has 0 fully saturated rings. The van der Waals surface area contributed by atoms with Crippen molar-refractivity contribution >= 4 is 9.84 Å². The first-order valence-electron chi connectivity index (χ1n) is 4.83. The van der Waals surface area contributed by atoms with Crippen LogP contribution < -0.4 is 4.74 Å². The third-order valence-electron chi connectivity index (χ3n) is 2.19. The molecule has 0 amide bonds. The Balaban J connectivity index is 3.36. The lowest BCUT2D eigenvalue weighted by atomic mass is 10.3. The maximum atomic E-state index is 12.1. The molecule has 0 spiro atoms. The number of aryl methyl sites for hydroxylation is 1. The van der Waals surface area contributed by atoms with Crippen LogP contribution in [0.3, 0.4) is 0 Å². The minimum Gasteiger partial charge on any atom is -0.480 e. The van der Waals surface area contributed by atoms with Gasteiger partial charge in [0.25, 0.3) is 0 Å². The summed E-state index contributed by atoms with van der Waals surface area (Å²) in [6.45, 7) is 6.57. The standard InChI is InChI=1S/C10H16N2O3S/c1-7-6-8(15-5)11-12-9(7)16(13,14)10(2,3)4/h6H,1-5H3. The van der Waals surface area contributed by atoms with Gasteiger partial charge in [0.2, 0.25) is 15.7 Å². The molecule has 6 heteroatoms. The fourth-order valence-corrected chi connectivity index (χ4v) is 2.32. The molecule has 90 valence electrons. The highest BCUT2D eigenvalue weighted by atomic mass is 32.2. The molecule has 1 rings (SSSR count). The Morgan fingerprint density at radius 3 is 2.19 bits per heavy atom. The van der Waals surface area contributed by atoms with Crippen LogP contribution >= 0.6 is 0 Å². The van der Waals surface area contributed by atoms with Gasteiger partial charge in [-0.15, -0.1) is 10.2 Å². The van der Waals surface area contributed by atoms with Crippen molar-refractivity contribution in [3.8, 4) is 5.88 Å². The first-order valence-corrected chi connectivity index (χ1v) is 6.31. The van der Waals surface area contributed by atoms with Crippen molar-refractivity contribution in [2.24, 2.45) is 0 Å². The van der Waals surface area contributed by atoms with E-state index in [4.69, 9.17) is 4.74 Å². The van der Waals surface area contributed by atoms with E-state index in [9.17, 15) is 8.42 Å². The predicted octanol–water partition coefficient (Wildman–Crippen LogP) is 1.37. The second-order valence-electron chi connectivity index (χ2n) is 4.49. The lowest BCUT2D eigenvalue weighted by molar-refractivity contribution is 0.389. The molecule has 5 nitrogen and oxygen atoms in total. The number of rotatable bonds is 2. The molecule has 0 N–H and O–H groups in total. The van der Waals surface area contributed by atoms with E-state index in [1.807, 2.05) is 0 Å². The van der Waals surface area contributed by atoms with E-state index >= 15 is 0 Å². The van der Waals surface area contributed by atoms with E-state index in [0.717, 1.165) is 0 Å². The fourth-order valence-electron chi connectivity index (χ4n) is 1.10. The predicted molar refractivity (Wildman–Crippen MR) is 60.3 cm³/mol. The third kappa shape index (κ3) is 2.16. The largest absolute Gasteiger partial charge is 0.480 e. The Morgan fingerprint density at radius 2 is 1.81 bits per heavy atom. The summed E-state index contributed by atoms with van der Waals surface area (Å²) in [7, 11) is -2.00. The monoisotopic (exact) mass is 244 g/mol. The van der Waals surface area contributed by atoms with Crippen molar-refractivity contribution in [3.05, 3.63) is 11.6 Å². The molecule has 1 heterocycles. The third-order valence-corrected chi connectivity index (χ3v) is 4.71. The van der Waals surface area contributed by atoms with Gasteiger partial charge >= 0.3 is 0 Å². The van der Waals surface area contributed by atoms with E-state index < -0.39 is 14.6 Å². The molecule has 0 bridgehead atoms. The van der Waals surface area contributed by atoms with Gasteiger partial charge < -0.3 is 4.74 Å². The Morgan fingerprint density at radius 1 is 1.25 bits per heavy atom. The molecule has 0 aliphatic rings. The SMILES string of the molecule is COc1cc(C)c(S(=O)(=O)C(C)(C)C)nn1. The molecule has 0 unspecified atom stereocenters. The lowest BCUT2D eigenvalue weighted by Crippen LogP contribution is -2.29. The van der Waals surface area contributed by atoms with Gasteiger partial charge in [0, 0.05) is 6.07 Å². The van der Waals surface area contributed by atoms with E-state index in [-0.39, 0.29) is 5.03 Å². The summed E-state index contributed by atoms with van der Waals surface area (Å²) in [5, 5.41) is 7.43. The highest BCUT2D eigenvalue weighted by molar-refractivity contribution is 7.92. The number of ether oxygens (including phenoxy) is 1. The quantitative estimate of drug-likeness (QED) is 0.785. The molecule has 0 radical (unpaired) electrons. The van der Waals surface area contributed by atoms with Crippen molar-refractivity contribution < 1.29 is 13.2 Å². The van der Waals surface area contributed by atoms with E-state index in [2.05, 4.69) is 10.2 Å². The fraction of sp³-hybridized carbons (Fsp3) is 0.600. The van der Waals surface area contributed by atoms with Crippen LogP contribution in [0.5, 0.6) is 5.88 Å². The maximum Gasteiger partial charge on any atom is 0.233 e. The van der Waals surface area contributed by atoms with Gasteiger partial charge in [-0.1, -0.05) is 0 Å². The molecule has 0 saturated carbocycles. The molecule has 1 aromatic heterocycles. The van der Waals surface area contributed by atoms with E-state index in [0.29, 0.717) is 11.4 Å². The molecule has 0 aliphatic heterocycles. The zero-order chi connectivity index (χ0) is 12.6. The molecule has 0 atom stereocenters. The molecule has 0 saturated heterocycles. The number of methoxy groups -OCH3 is 1. The van der Waals surface area contributed by atoms with Crippen molar-refractivity contribution in [1.29, 1.82) is 0 Å². The van der Waals surface area contributed by atoms with Gasteiger partial charge in [0.15, 0.2) is 5.03 Å². The van der Waals surface area contributed by atoms with Crippen molar-refractivity contribution in [1.82, 2.24) is 10.2 Å².